The zero-order chi connectivity index (χ0) is 14.2. The molecule has 2 rings (SSSR count). The van der Waals surface area contributed by atoms with E-state index in [0.717, 1.165) is 5.69 Å². The van der Waals surface area contributed by atoms with Crippen LogP contribution in [0.2, 0.25) is 0 Å². The van der Waals surface area contributed by atoms with Crippen molar-refractivity contribution in [1.82, 2.24) is 4.98 Å². The van der Waals surface area contributed by atoms with E-state index in [1.807, 2.05) is 43.3 Å². The van der Waals surface area contributed by atoms with Crippen LogP contribution in [0.5, 0.6) is 0 Å². The molecule has 0 bridgehead atoms. The Balaban J connectivity index is 2.15. The Morgan fingerprint density at radius 3 is 2.55 bits per heavy atom. The van der Waals surface area contributed by atoms with Crippen LogP contribution in [0.15, 0.2) is 54.7 Å². The molecule has 0 aliphatic rings. The molecule has 0 saturated heterocycles. The lowest BCUT2D eigenvalue weighted by atomic mass is 9.91. The number of hydrogen-bond donors (Lipinski definition) is 0. The third kappa shape index (κ3) is 3.92. The van der Waals surface area contributed by atoms with Crippen LogP contribution in [-0.2, 0) is 9.53 Å². The first-order valence-corrected chi connectivity index (χ1v) is 6.92. The van der Waals surface area contributed by atoms with E-state index in [4.69, 9.17) is 4.74 Å². The van der Waals surface area contributed by atoms with Gasteiger partial charge in [0.05, 0.1) is 6.61 Å². The van der Waals surface area contributed by atoms with Gasteiger partial charge in [-0.1, -0.05) is 36.4 Å². The van der Waals surface area contributed by atoms with Gasteiger partial charge in [-0.25, -0.2) is 0 Å². The van der Waals surface area contributed by atoms with Gasteiger partial charge in [0.1, 0.15) is 0 Å². The van der Waals surface area contributed by atoms with Crippen molar-refractivity contribution in [2.75, 3.05) is 6.61 Å². The highest BCUT2D eigenvalue weighted by Crippen LogP contribution is 2.27. The van der Waals surface area contributed by atoms with Crippen LogP contribution in [0.25, 0.3) is 0 Å². The minimum Gasteiger partial charge on any atom is -0.466 e. The molecule has 1 unspecified atom stereocenters. The van der Waals surface area contributed by atoms with Gasteiger partial charge in [-0.05, 0) is 31.0 Å². The van der Waals surface area contributed by atoms with E-state index in [1.165, 1.54) is 5.56 Å². The highest BCUT2D eigenvalue weighted by atomic mass is 16.5. The lowest BCUT2D eigenvalue weighted by molar-refractivity contribution is -0.143. The number of hydrogen-bond acceptors (Lipinski definition) is 3. The van der Waals surface area contributed by atoms with E-state index < -0.39 is 0 Å². The first-order chi connectivity index (χ1) is 9.81. The average Bonchev–Trinajstić information content (AvgIpc) is 2.50. The van der Waals surface area contributed by atoms with E-state index in [0.29, 0.717) is 19.4 Å². The Morgan fingerprint density at radius 2 is 1.90 bits per heavy atom. The minimum atomic E-state index is -0.149. The van der Waals surface area contributed by atoms with E-state index >= 15 is 0 Å². The Morgan fingerprint density at radius 1 is 1.15 bits per heavy atom. The number of rotatable bonds is 6. The molecule has 1 heterocycles. The summed E-state index contributed by atoms with van der Waals surface area (Å²) in [5, 5.41) is 0. The fourth-order valence-electron chi connectivity index (χ4n) is 2.25. The number of pyridine rings is 1. The van der Waals surface area contributed by atoms with E-state index in [1.54, 1.807) is 6.20 Å². The van der Waals surface area contributed by atoms with Crippen molar-refractivity contribution in [1.29, 1.82) is 0 Å². The molecule has 3 heteroatoms. The molecule has 1 atom stereocenters. The topological polar surface area (TPSA) is 39.2 Å². The molecule has 0 amide bonds. The number of carbonyl (C=O) groups is 1. The normalized spacial score (nSPS) is 11.8. The maximum atomic E-state index is 11.6. The number of benzene rings is 1. The monoisotopic (exact) mass is 269 g/mol. The predicted octanol–water partition coefficient (Wildman–Crippen LogP) is 3.56. The summed E-state index contributed by atoms with van der Waals surface area (Å²) >= 11 is 0. The maximum absolute atomic E-state index is 11.6. The molecule has 0 N–H and O–H groups in total. The van der Waals surface area contributed by atoms with Gasteiger partial charge in [0.2, 0.25) is 0 Å². The number of nitrogens with zero attached hydrogens (tertiary/aromatic N) is 1. The number of aromatic nitrogens is 1. The number of ether oxygens (including phenoxy) is 1. The lowest BCUT2D eigenvalue weighted by Crippen LogP contribution is -2.09. The summed E-state index contributed by atoms with van der Waals surface area (Å²) < 4.78 is 5.00. The highest BCUT2D eigenvalue weighted by molar-refractivity contribution is 5.69. The Hall–Kier alpha value is -2.16. The molecular formula is C17H19NO2. The van der Waals surface area contributed by atoms with E-state index in [2.05, 4.69) is 17.1 Å². The number of carbonyl (C=O) groups excluding carboxylic acids is 1. The van der Waals surface area contributed by atoms with Crippen molar-refractivity contribution < 1.29 is 9.53 Å². The van der Waals surface area contributed by atoms with Crippen LogP contribution in [0.4, 0.5) is 0 Å². The van der Waals surface area contributed by atoms with Crippen LogP contribution >= 0.6 is 0 Å². The summed E-state index contributed by atoms with van der Waals surface area (Å²) in [4.78, 5) is 16.0. The maximum Gasteiger partial charge on any atom is 0.305 e. The second-order valence-electron chi connectivity index (χ2n) is 4.56. The third-order valence-corrected chi connectivity index (χ3v) is 3.19. The highest BCUT2D eigenvalue weighted by Gasteiger charge is 2.17. The Kier molecular flexibility index (Phi) is 5.30. The summed E-state index contributed by atoms with van der Waals surface area (Å²) in [7, 11) is 0. The Bertz CT molecular complexity index is 486. The van der Waals surface area contributed by atoms with E-state index in [9.17, 15) is 4.79 Å². The molecule has 3 nitrogen and oxygen atoms in total. The van der Waals surface area contributed by atoms with Crippen LogP contribution in [0.3, 0.4) is 0 Å². The van der Waals surface area contributed by atoms with Crippen molar-refractivity contribution in [3.05, 3.63) is 66.0 Å². The minimum absolute atomic E-state index is 0.127. The fraction of sp³-hybridized carbons (Fsp3) is 0.294. The molecule has 0 aliphatic heterocycles. The largest absolute Gasteiger partial charge is 0.466 e. The summed E-state index contributed by atoms with van der Waals surface area (Å²) in [6.45, 7) is 2.25. The summed E-state index contributed by atoms with van der Waals surface area (Å²) in [6, 6.07) is 16.0. The second kappa shape index (κ2) is 7.43. The molecule has 2 aromatic rings. The van der Waals surface area contributed by atoms with Crippen molar-refractivity contribution in [3.63, 3.8) is 0 Å². The zero-order valence-corrected chi connectivity index (χ0v) is 11.7. The van der Waals surface area contributed by atoms with Crippen molar-refractivity contribution in [3.8, 4) is 0 Å². The van der Waals surface area contributed by atoms with Gasteiger partial charge in [0.15, 0.2) is 0 Å². The third-order valence-electron chi connectivity index (χ3n) is 3.19. The summed E-state index contributed by atoms with van der Waals surface area (Å²) in [6.07, 6.45) is 2.90. The van der Waals surface area contributed by atoms with Crippen LogP contribution in [0, 0.1) is 0 Å². The molecule has 0 fully saturated rings. The first-order valence-electron chi connectivity index (χ1n) is 6.92. The number of esters is 1. The summed E-state index contributed by atoms with van der Waals surface area (Å²) in [5.74, 6) is -0.0221. The molecule has 1 aromatic carbocycles. The molecule has 1 aromatic heterocycles. The van der Waals surface area contributed by atoms with Gasteiger partial charge >= 0.3 is 5.97 Å². The Labute approximate surface area is 119 Å². The average molecular weight is 269 g/mol. The van der Waals surface area contributed by atoms with Crippen molar-refractivity contribution in [2.45, 2.75) is 25.7 Å². The first kappa shape index (κ1) is 14.3. The van der Waals surface area contributed by atoms with Crippen LogP contribution in [-0.4, -0.2) is 17.6 Å². The lowest BCUT2D eigenvalue weighted by Gasteiger charge is -2.16. The van der Waals surface area contributed by atoms with Gasteiger partial charge in [-0.2, -0.15) is 0 Å². The van der Waals surface area contributed by atoms with Crippen molar-refractivity contribution in [2.24, 2.45) is 0 Å². The van der Waals surface area contributed by atoms with E-state index in [-0.39, 0.29) is 11.9 Å². The van der Waals surface area contributed by atoms with Gasteiger partial charge in [-0.15, -0.1) is 0 Å². The van der Waals surface area contributed by atoms with Gasteiger partial charge in [-0.3, -0.25) is 9.78 Å². The fourth-order valence-corrected chi connectivity index (χ4v) is 2.25. The predicted molar refractivity (Wildman–Crippen MR) is 78.4 cm³/mol. The molecule has 0 spiro atoms. The van der Waals surface area contributed by atoms with Crippen LogP contribution < -0.4 is 0 Å². The molecule has 0 saturated carbocycles. The molecule has 104 valence electrons. The molecular weight excluding hydrogens is 250 g/mol. The smallest absolute Gasteiger partial charge is 0.305 e. The quantitative estimate of drug-likeness (QED) is 0.753. The SMILES string of the molecule is CCOC(=O)CCC(c1ccccc1)c1ccccn1. The second-order valence-corrected chi connectivity index (χ2v) is 4.56. The summed E-state index contributed by atoms with van der Waals surface area (Å²) in [5.41, 5.74) is 2.17. The van der Waals surface area contributed by atoms with Crippen molar-refractivity contribution >= 4 is 5.97 Å². The zero-order valence-electron chi connectivity index (χ0n) is 11.7. The molecule has 0 radical (unpaired) electrons. The standard InChI is InChI=1S/C17H19NO2/c1-2-20-17(19)12-11-15(14-8-4-3-5-9-14)16-10-6-7-13-18-16/h3-10,13,15H,2,11-12H2,1H3. The van der Waals surface area contributed by atoms with Crippen LogP contribution in [0.1, 0.15) is 36.9 Å². The molecule has 0 aliphatic carbocycles. The van der Waals surface area contributed by atoms with Gasteiger partial charge in [0.25, 0.3) is 0 Å². The molecule has 20 heavy (non-hydrogen) atoms. The van der Waals surface area contributed by atoms with Gasteiger partial charge < -0.3 is 4.74 Å². The van der Waals surface area contributed by atoms with Gasteiger partial charge in [0, 0.05) is 24.2 Å².